The van der Waals surface area contributed by atoms with Crippen LogP contribution in [0.4, 0.5) is 0 Å². The van der Waals surface area contributed by atoms with Crippen LogP contribution in [0.5, 0.6) is 0 Å². The molecule has 5 heteroatoms. The summed E-state index contributed by atoms with van der Waals surface area (Å²) >= 11 is 0. The van der Waals surface area contributed by atoms with E-state index in [4.69, 9.17) is 10.2 Å². The van der Waals surface area contributed by atoms with E-state index in [1.54, 1.807) is 24.3 Å². The van der Waals surface area contributed by atoms with E-state index >= 15 is 0 Å². The largest absolute Gasteiger partial charge is 0.478 e. The van der Waals surface area contributed by atoms with Crippen molar-refractivity contribution >= 4 is 28.9 Å². The van der Waals surface area contributed by atoms with Gasteiger partial charge in [0.05, 0.1) is 11.1 Å². The second-order valence-corrected chi connectivity index (χ2v) is 3.77. The first-order valence-electron chi connectivity index (χ1n) is 5.25. The Morgan fingerprint density at radius 3 is 1.11 bits per heavy atom. The number of benzene rings is 2. The highest BCUT2D eigenvalue weighted by atomic mass is 79.9. The topological polar surface area (TPSA) is 74.6 Å². The molecule has 4 nitrogen and oxygen atoms in total. The van der Waals surface area contributed by atoms with Gasteiger partial charge in [-0.3, -0.25) is 0 Å². The van der Waals surface area contributed by atoms with Crippen molar-refractivity contribution in [3.05, 3.63) is 59.7 Å². The van der Waals surface area contributed by atoms with Crippen LogP contribution >= 0.6 is 17.0 Å². The SMILES string of the molecule is Br.O=C(O)c1ccc(-c2ccc(C(=O)O)cc2)cc1. The molecule has 2 aromatic carbocycles. The summed E-state index contributed by atoms with van der Waals surface area (Å²) in [5.41, 5.74) is 2.13. The Bertz CT molecular complexity index is 532. The molecule has 0 aliphatic carbocycles. The van der Waals surface area contributed by atoms with Crippen molar-refractivity contribution in [1.29, 1.82) is 0 Å². The average Bonchev–Trinajstić information content (AvgIpc) is 2.39. The summed E-state index contributed by atoms with van der Waals surface area (Å²) in [7, 11) is 0. The molecule has 2 rings (SSSR count). The maximum absolute atomic E-state index is 10.7. The van der Waals surface area contributed by atoms with Gasteiger partial charge >= 0.3 is 11.9 Å². The molecule has 0 aliphatic heterocycles. The van der Waals surface area contributed by atoms with Crippen molar-refractivity contribution in [2.24, 2.45) is 0 Å². The van der Waals surface area contributed by atoms with Crippen molar-refractivity contribution in [2.75, 3.05) is 0 Å². The van der Waals surface area contributed by atoms with Crippen LogP contribution in [-0.2, 0) is 0 Å². The van der Waals surface area contributed by atoms with Gasteiger partial charge in [-0.25, -0.2) is 9.59 Å². The Morgan fingerprint density at radius 1 is 0.632 bits per heavy atom. The fourth-order valence-electron chi connectivity index (χ4n) is 1.61. The van der Waals surface area contributed by atoms with Crippen molar-refractivity contribution in [2.45, 2.75) is 0 Å². The molecule has 0 spiro atoms. The monoisotopic (exact) mass is 322 g/mol. The molecule has 0 atom stereocenters. The third-order valence-corrected chi connectivity index (χ3v) is 2.60. The summed E-state index contributed by atoms with van der Waals surface area (Å²) in [5, 5.41) is 17.6. The zero-order valence-corrected chi connectivity index (χ0v) is 11.5. The van der Waals surface area contributed by atoms with Gasteiger partial charge in [-0.15, -0.1) is 17.0 Å². The Labute approximate surface area is 120 Å². The first-order valence-corrected chi connectivity index (χ1v) is 5.25. The summed E-state index contributed by atoms with van der Waals surface area (Å²) in [6, 6.07) is 12.8. The van der Waals surface area contributed by atoms with Gasteiger partial charge in [0.2, 0.25) is 0 Å². The van der Waals surface area contributed by atoms with Crippen LogP contribution in [0, 0.1) is 0 Å². The predicted octanol–water partition coefficient (Wildman–Crippen LogP) is 3.33. The lowest BCUT2D eigenvalue weighted by atomic mass is 10.0. The van der Waals surface area contributed by atoms with Crippen LogP contribution in [0.1, 0.15) is 20.7 Å². The summed E-state index contributed by atoms with van der Waals surface area (Å²) < 4.78 is 0. The number of hydrogen-bond acceptors (Lipinski definition) is 2. The molecule has 0 saturated heterocycles. The summed E-state index contributed by atoms with van der Waals surface area (Å²) in [6.45, 7) is 0. The van der Waals surface area contributed by atoms with Gasteiger partial charge in [-0.1, -0.05) is 24.3 Å². The van der Waals surface area contributed by atoms with E-state index in [-0.39, 0.29) is 28.1 Å². The van der Waals surface area contributed by atoms with E-state index in [9.17, 15) is 9.59 Å². The molecule has 0 bridgehead atoms. The van der Waals surface area contributed by atoms with Gasteiger partial charge in [0.15, 0.2) is 0 Å². The molecular formula is C14H11BrO4. The molecule has 0 saturated carbocycles. The number of aromatic carboxylic acids is 2. The first-order chi connectivity index (χ1) is 8.58. The minimum absolute atomic E-state index is 0. The third kappa shape index (κ3) is 3.42. The third-order valence-electron chi connectivity index (χ3n) is 2.60. The number of carbonyl (C=O) groups is 2. The smallest absolute Gasteiger partial charge is 0.335 e. The molecule has 0 unspecified atom stereocenters. The van der Waals surface area contributed by atoms with Gasteiger partial charge in [-0.05, 0) is 35.4 Å². The quantitative estimate of drug-likeness (QED) is 0.908. The number of halogens is 1. The molecule has 2 aromatic rings. The van der Waals surface area contributed by atoms with E-state index in [0.29, 0.717) is 0 Å². The highest BCUT2D eigenvalue weighted by Gasteiger charge is 2.05. The lowest BCUT2D eigenvalue weighted by molar-refractivity contribution is 0.0686. The van der Waals surface area contributed by atoms with Gasteiger partial charge < -0.3 is 10.2 Å². The van der Waals surface area contributed by atoms with Crippen LogP contribution in [0.25, 0.3) is 11.1 Å². The van der Waals surface area contributed by atoms with Crippen LogP contribution in [0.2, 0.25) is 0 Å². The molecule has 2 N–H and O–H groups in total. The average molecular weight is 323 g/mol. The van der Waals surface area contributed by atoms with Crippen molar-refractivity contribution < 1.29 is 19.8 Å². The molecule has 19 heavy (non-hydrogen) atoms. The lowest BCUT2D eigenvalue weighted by Crippen LogP contribution is -1.96. The molecule has 0 aromatic heterocycles. The summed E-state index contributed by atoms with van der Waals surface area (Å²) in [5.74, 6) is -1.94. The van der Waals surface area contributed by atoms with Crippen molar-refractivity contribution in [1.82, 2.24) is 0 Å². The molecule has 0 radical (unpaired) electrons. The van der Waals surface area contributed by atoms with E-state index in [1.165, 1.54) is 24.3 Å². The predicted molar refractivity (Wildman–Crippen MR) is 76.1 cm³/mol. The Hall–Kier alpha value is -2.14. The summed E-state index contributed by atoms with van der Waals surface area (Å²) in [4.78, 5) is 21.4. The summed E-state index contributed by atoms with van der Waals surface area (Å²) in [6.07, 6.45) is 0. The number of hydrogen-bond donors (Lipinski definition) is 2. The minimum Gasteiger partial charge on any atom is -0.478 e. The number of carboxylic acid groups (broad SMARTS) is 2. The van der Waals surface area contributed by atoms with Crippen LogP contribution in [0.15, 0.2) is 48.5 Å². The molecular weight excluding hydrogens is 312 g/mol. The fourth-order valence-corrected chi connectivity index (χ4v) is 1.61. The normalized spacial score (nSPS) is 9.47. The van der Waals surface area contributed by atoms with Crippen molar-refractivity contribution in [3.8, 4) is 11.1 Å². The van der Waals surface area contributed by atoms with Crippen LogP contribution in [0.3, 0.4) is 0 Å². The fraction of sp³-hybridized carbons (Fsp3) is 0. The second-order valence-electron chi connectivity index (χ2n) is 3.77. The van der Waals surface area contributed by atoms with E-state index in [1.807, 2.05) is 0 Å². The van der Waals surface area contributed by atoms with E-state index in [0.717, 1.165) is 11.1 Å². The van der Waals surface area contributed by atoms with E-state index in [2.05, 4.69) is 0 Å². The van der Waals surface area contributed by atoms with E-state index < -0.39 is 11.9 Å². The van der Waals surface area contributed by atoms with Crippen LogP contribution in [-0.4, -0.2) is 22.2 Å². The maximum Gasteiger partial charge on any atom is 0.335 e. The molecule has 0 amide bonds. The standard InChI is InChI=1S/C14H10O4.BrH/c15-13(16)11-5-1-9(2-6-11)10-3-7-12(8-4-10)14(17)18;/h1-8H,(H,15,16)(H,17,18);1H. The second kappa shape index (κ2) is 6.15. The molecule has 0 fully saturated rings. The molecule has 0 aliphatic rings. The van der Waals surface area contributed by atoms with Gasteiger partial charge in [-0.2, -0.15) is 0 Å². The number of rotatable bonds is 3. The van der Waals surface area contributed by atoms with Gasteiger partial charge in [0.1, 0.15) is 0 Å². The van der Waals surface area contributed by atoms with Gasteiger partial charge in [0, 0.05) is 0 Å². The zero-order valence-electron chi connectivity index (χ0n) is 9.74. The number of carboxylic acids is 2. The molecule has 98 valence electrons. The highest BCUT2D eigenvalue weighted by molar-refractivity contribution is 8.93. The first kappa shape index (κ1) is 14.9. The Morgan fingerprint density at radius 2 is 0.895 bits per heavy atom. The lowest BCUT2D eigenvalue weighted by Gasteiger charge is -2.03. The maximum atomic E-state index is 10.7. The highest BCUT2D eigenvalue weighted by Crippen LogP contribution is 2.20. The Balaban J connectivity index is 0.00000180. The zero-order chi connectivity index (χ0) is 13.1. The minimum atomic E-state index is -0.970. The molecule has 0 heterocycles. The Kier molecular flexibility index (Phi) is 4.83. The van der Waals surface area contributed by atoms with Crippen LogP contribution < -0.4 is 0 Å². The van der Waals surface area contributed by atoms with Gasteiger partial charge in [0.25, 0.3) is 0 Å². The van der Waals surface area contributed by atoms with Crippen molar-refractivity contribution in [3.63, 3.8) is 0 Å².